The molecule has 1 fully saturated rings. The van der Waals surface area contributed by atoms with Gasteiger partial charge in [-0.3, -0.25) is 19.2 Å². The fourth-order valence-electron chi connectivity index (χ4n) is 6.53. The number of aliphatic hydroxyl groups is 1. The Balaban J connectivity index is 1.40. The van der Waals surface area contributed by atoms with Gasteiger partial charge in [-0.2, -0.15) is 0 Å². The highest BCUT2D eigenvalue weighted by molar-refractivity contribution is 7.80. The summed E-state index contributed by atoms with van der Waals surface area (Å²) in [5.74, 6) is -2.51. The quantitative estimate of drug-likeness (QED) is 0.155. The molecule has 4 rings (SSSR count). The van der Waals surface area contributed by atoms with Gasteiger partial charge < -0.3 is 41.2 Å². The van der Waals surface area contributed by atoms with Gasteiger partial charge in [0, 0.05) is 6.42 Å². The van der Waals surface area contributed by atoms with Gasteiger partial charge in [-0.1, -0.05) is 73.9 Å². The lowest BCUT2D eigenvalue weighted by atomic mass is 9.83. The molecule has 4 atom stereocenters. The van der Waals surface area contributed by atoms with Crippen LogP contribution in [-0.2, 0) is 35.1 Å². The monoisotopic (exact) mass is 765 g/mol. The summed E-state index contributed by atoms with van der Waals surface area (Å²) in [7, 11) is 0. The molecule has 0 radical (unpaired) electrons. The van der Waals surface area contributed by atoms with Crippen LogP contribution in [0.4, 0.5) is 0 Å². The van der Waals surface area contributed by atoms with Crippen LogP contribution in [0.5, 0.6) is 5.75 Å². The molecule has 2 aliphatic rings. The molecule has 0 spiro atoms. The van der Waals surface area contributed by atoms with Crippen molar-refractivity contribution in [1.82, 2.24) is 26.6 Å². The number of ether oxygens (including phenoxy) is 2. The molecule has 1 unspecified atom stereocenters. The summed E-state index contributed by atoms with van der Waals surface area (Å²) in [6.45, 7) is 4.63. The SMILES string of the molecule is CC(C)(C)OC(=O)[C@@H](NC(=O)CNC(=O)C(O)CNC(=O)[C@@H]1Cc2cccc(c2)OCCCCCC(=S)N[C@@H](C2CCCCC2)C(=O)N1)c1ccccc1. The average Bonchev–Trinajstić information content (AvgIpc) is 3.14. The molecule has 6 N–H and O–H groups in total. The zero-order valence-electron chi connectivity index (χ0n) is 31.5. The number of aliphatic hydroxyl groups excluding tert-OH is 1. The van der Waals surface area contributed by atoms with Crippen molar-refractivity contribution in [2.45, 2.75) is 115 Å². The highest BCUT2D eigenvalue weighted by Crippen LogP contribution is 2.27. The highest BCUT2D eigenvalue weighted by atomic mass is 32.1. The van der Waals surface area contributed by atoms with E-state index in [1.165, 1.54) is 0 Å². The van der Waals surface area contributed by atoms with Gasteiger partial charge >= 0.3 is 5.97 Å². The van der Waals surface area contributed by atoms with Crippen LogP contribution in [0.1, 0.15) is 95.7 Å². The number of nitrogens with one attached hydrogen (secondary N) is 5. The van der Waals surface area contributed by atoms with E-state index in [1.807, 2.05) is 24.3 Å². The molecule has 2 bridgehead atoms. The van der Waals surface area contributed by atoms with Crippen molar-refractivity contribution in [1.29, 1.82) is 0 Å². The van der Waals surface area contributed by atoms with Crippen molar-refractivity contribution in [3.63, 3.8) is 0 Å². The van der Waals surface area contributed by atoms with E-state index in [0.717, 1.165) is 56.9 Å². The minimum absolute atomic E-state index is 0.0610. The predicted octanol–water partition coefficient (Wildman–Crippen LogP) is 3.33. The summed E-state index contributed by atoms with van der Waals surface area (Å²) in [6.07, 6.45) is 6.58. The van der Waals surface area contributed by atoms with Crippen molar-refractivity contribution in [2.75, 3.05) is 19.7 Å². The Hall–Kier alpha value is -4.56. The Labute approximate surface area is 323 Å². The zero-order valence-corrected chi connectivity index (χ0v) is 32.3. The summed E-state index contributed by atoms with van der Waals surface area (Å²) in [4.78, 5) is 66.8. The van der Waals surface area contributed by atoms with E-state index in [-0.39, 0.29) is 18.2 Å². The molecule has 1 aliphatic carbocycles. The van der Waals surface area contributed by atoms with Gasteiger partial charge in [-0.15, -0.1) is 0 Å². The molecule has 2 aromatic rings. The third-order valence-corrected chi connectivity index (χ3v) is 9.61. The fraction of sp³-hybridized carbons (Fsp3) is 0.550. The van der Waals surface area contributed by atoms with Crippen LogP contribution >= 0.6 is 12.2 Å². The summed E-state index contributed by atoms with van der Waals surface area (Å²) < 4.78 is 11.4. The number of rotatable bonds is 10. The minimum Gasteiger partial charge on any atom is -0.494 e. The van der Waals surface area contributed by atoms with Crippen molar-refractivity contribution < 1.29 is 38.6 Å². The largest absolute Gasteiger partial charge is 0.494 e. The molecule has 294 valence electrons. The lowest BCUT2D eigenvalue weighted by Gasteiger charge is -2.32. The van der Waals surface area contributed by atoms with Crippen LogP contribution < -0.4 is 31.3 Å². The molecule has 0 saturated heterocycles. The van der Waals surface area contributed by atoms with Crippen LogP contribution in [0.15, 0.2) is 54.6 Å². The molecule has 54 heavy (non-hydrogen) atoms. The Bertz CT molecular complexity index is 1590. The second kappa shape index (κ2) is 20.8. The molecular weight excluding hydrogens is 711 g/mol. The maximum atomic E-state index is 13.9. The van der Waals surface area contributed by atoms with Gasteiger partial charge in [0.15, 0.2) is 6.04 Å². The van der Waals surface area contributed by atoms with Crippen molar-refractivity contribution in [3.05, 3.63) is 65.7 Å². The molecule has 1 heterocycles. The number of thiocarbonyl (C=S) groups is 1. The molecule has 2 aromatic carbocycles. The van der Waals surface area contributed by atoms with E-state index < -0.39 is 66.6 Å². The van der Waals surface area contributed by atoms with E-state index >= 15 is 0 Å². The molecule has 1 aliphatic heterocycles. The summed E-state index contributed by atoms with van der Waals surface area (Å²) in [5.41, 5.74) is 0.445. The lowest BCUT2D eigenvalue weighted by molar-refractivity contribution is -0.158. The lowest BCUT2D eigenvalue weighted by Crippen LogP contribution is -2.57. The van der Waals surface area contributed by atoms with E-state index in [9.17, 15) is 29.1 Å². The molecule has 1 saturated carbocycles. The average molecular weight is 766 g/mol. The van der Waals surface area contributed by atoms with Crippen LogP contribution in [-0.4, -0.2) is 83.2 Å². The first-order chi connectivity index (χ1) is 25.8. The summed E-state index contributed by atoms with van der Waals surface area (Å²) in [6, 6.07) is 13.1. The number of hydrogen-bond donors (Lipinski definition) is 6. The van der Waals surface area contributed by atoms with E-state index in [4.69, 9.17) is 21.7 Å². The number of carbonyl (C=O) groups excluding carboxylic acids is 5. The number of benzene rings is 2. The van der Waals surface area contributed by atoms with E-state index in [1.54, 1.807) is 51.1 Å². The number of hydrogen-bond acceptors (Lipinski definition) is 9. The van der Waals surface area contributed by atoms with Crippen molar-refractivity contribution in [3.8, 4) is 5.75 Å². The Morgan fingerprint density at radius 1 is 0.944 bits per heavy atom. The maximum Gasteiger partial charge on any atom is 0.333 e. The van der Waals surface area contributed by atoms with Gasteiger partial charge in [0.05, 0.1) is 24.7 Å². The van der Waals surface area contributed by atoms with E-state index in [0.29, 0.717) is 29.3 Å². The van der Waals surface area contributed by atoms with Gasteiger partial charge in [0.25, 0.3) is 5.91 Å². The third kappa shape index (κ3) is 14.0. The Morgan fingerprint density at radius 3 is 2.39 bits per heavy atom. The second-order valence-electron chi connectivity index (χ2n) is 14.9. The summed E-state index contributed by atoms with van der Waals surface area (Å²) in [5, 5.41) is 24.4. The topological polar surface area (TPSA) is 184 Å². The normalized spacial score (nSPS) is 20.1. The maximum absolute atomic E-state index is 13.9. The minimum atomic E-state index is -1.72. The van der Waals surface area contributed by atoms with E-state index in [2.05, 4.69) is 26.6 Å². The highest BCUT2D eigenvalue weighted by Gasteiger charge is 2.34. The zero-order chi connectivity index (χ0) is 39.1. The standard InChI is InChI=1S/C40H55N5O8S/c1-40(2,3)53-39(51)35(28-17-9-5-10-18-28)44-32(47)25-42-37(49)31(46)24-41-36(48)30-23-26-14-13-19-29(22-26)52-21-12-6-11-20-33(54)45-34(38(50)43-30)27-15-7-4-8-16-27/h5,9-10,13-14,17-19,22,27,30-31,34-35,46H,4,6-8,11-12,15-16,20-21,23-25H2,1-3H3,(H,41,48)(H,42,49)(H,43,50)(H,44,47)(H,45,54)/t30-,31?,34-,35-/m0/s1. The van der Waals surface area contributed by atoms with Gasteiger partial charge in [-0.05, 0) is 88.5 Å². The first-order valence-electron chi connectivity index (χ1n) is 18.9. The molecule has 0 aromatic heterocycles. The van der Waals surface area contributed by atoms with Gasteiger partial charge in [0.2, 0.25) is 17.7 Å². The number of esters is 1. The Morgan fingerprint density at radius 2 is 1.67 bits per heavy atom. The predicted molar refractivity (Wildman–Crippen MR) is 207 cm³/mol. The van der Waals surface area contributed by atoms with Crippen LogP contribution in [0.2, 0.25) is 0 Å². The number of carbonyl (C=O) groups is 5. The van der Waals surface area contributed by atoms with Crippen LogP contribution in [0, 0.1) is 5.92 Å². The van der Waals surface area contributed by atoms with Gasteiger partial charge in [-0.25, -0.2) is 4.79 Å². The van der Waals surface area contributed by atoms with Crippen molar-refractivity contribution >= 4 is 46.8 Å². The van der Waals surface area contributed by atoms with Crippen molar-refractivity contribution in [2.24, 2.45) is 5.92 Å². The smallest absolute Gasteiger partial charge is 0.333 e. The Kier molecular flexibility index (Phi) is 16.2. The number of fused-ring (bicyclic) bond motifs is 2. The molecular formula is C40H55N5O8S. The summed E-state index contributed by atoms with van der Waals surface area (Å²) >= 11 is 5.65. The molecule has 4 amide bonds. The molecule has 14 heteroatoms. The van der Waals surface area contributed by atoms with Crippen LogP contribution in [0.25, 0.3) is 0 Å². The molecule has 13 nitrogen and oxygen atoms in total. The third-order valence-electron chi connectivity index (χ3n) is 9.28. The van der Waals surface area contributed by atoms with Gasteiger partial charge in [0.1, 0.15) is 29.5 Å². The first kappa shape index (κ1) is 42.2. The van der Waals surface area contributed by atoms with Crippen LogP contribution in [0.3, 0.4) is 0 Å². The number of amides is 4. The fourth-order valence-corrected chi connectivity index (χ4v) is 6.80. The second-order valence-corrected chi connectivity index (χ2v) is 15.4. The first-order valence-corrected chi connectivity index (χ1v) is 19.3.